The molecule has 2 rings (SSSR count). The molecule has 0 spiro atoms. The zero-order valence-corrected chi connectivity index (χ0v) is 19.5. The largest absolute Gasteiger partial charge is 0.460 e. The summed E-state index contributed by atoms with van der Waals surface area (Å²) >= 11 is 0. The van der Waals surface area contributed by atoms with Crippen molar-refractivity contribution in [3.63, 3.8) is 0 Å². The van der Waals surface area contributed by atoms with Gasteiger partial charge in [-0.05, 0) is 61.2 Å². The molecule has 6 nitrogen and oxygen atoms in total. The van der Waals surface area contributed by atoms with Crippen LogP contribution in [0, 0.1) is 35.5 Å². The van der Waals surface area contributed by atoms with Gasteiger partial charge in [0, 0.05) is 0 Å². The number of aliphatic hydroxyl groups excluding tert-OH is 2. The lowest BCUT2D eigenvalue weighted by molar-refractivity contribution is -0.185. The third kappa shape index (κ3) is 6.43. The van der Waals surface area contributed by atoms with E-state index in [1.807, 2.05) is 0 Å². The number of hydrogen-bond acceptors (Lipinski definition) is 6. The van der Waals surface area contributed by atoms with Gasteiger partial charge in [-0.15, -0.1) is 0 Å². The summed E-state index contributed by atoms with van der Waals surface area (Å²) in [6.45, 7) is 12.6. The van der Waals surface area contributed by atoms with Gasteiger partial charge in [-0.25, -0.2) is 9.59 Å². The van der Waals surface area contributed by atoms with Gasteiger partial charge in [-0.1, -0.05) is 54.4 Å². The van der Waals surface area contributed by atoms with Gasteiger partial charge in [0.2, 0.25) is 0 Å². The fourth-order valence-corrected chi connectivity index (χ4v) is 5.20. The maximum Gasteiger partial charge on any atom is 0.338 e. The van der Waals surface area contributed by atoms with Crippen LogP contribution in [-0.2, 0) is 19.1 Å². The van der Waals surface area contributed by atoms with Crippen LogP contribution in [0.3, 0.4) is 0 Å². The molecular formula is C24H42O6. The number of esters is 2. The Morgan fingerprint density at radius 3 is 1.33 bits per heavy atom. The van der Waals surface area contributed by atoms with Crippen LogP contribution in [0.1, 0.15) is 80.1 Å². The molecule has 0 aromatic carbocycles. The van der Waals surface area contributed by atoms with E-state index in [2.05, 4.69) is 41.5 Å². The van der Waals surface area contributed by atoms with Gasteiger partial charge in [0.25, 0.3) is 0 Å². The molecule has 2 fully saturated rings. The summed E-state index contributed by atoms with van der Waals surface area (Å²) in [7, 11) is 0. The highest BCUT2D eigenvalue weighted by Crippen LogP contribution is 2.37. The van der Waals surface area contributed by atoms with Gasteiger partial charge < -0.3 is 19.7 Å². The Labute approximate surface area is 181 Å². The number of hydrogen-bond donors (Lipinski definition) is 2. The van der Waals surface area contributed by atoms with Crippen molar-refractivity contribution in [2.24, 2.45) is 35.5 Å². The smallest absolute Gasteiger partial charge is 0.338 e. The van der Waals surface area contributed by atoms with Crippen LogP contribution >= 0.6 is 0 Å². The fourth-order valence-electron chi connectivity index (χ4n) is 5.20. The van der Waals surface area contributed by atoms with Crippen LogP contribution in [-0.4, -0.2) is 46.6 Å². The molecule has 0 aromatic rings. The van der Waals surface area contributed by atoms with Crippen LogP contribution in [0.2, 0.25) is 0 Å². The average molecular weight is 427 g/mol. The van der Waals surface area contributed by atoms with Crippen molar-refractivity contribution in [1.82, 2.24) is 0 Å². The molecule has 0 bridgehead atoms. The summed E-state index contributed by atoms with van der Waals surface area (Å²) < 4.78 is 11.2. The highest BCUT2D eigenvalue weighted by atomic mass is 16.6. The lowest BCUT2D eigenvalue weighted by atomic mass is 9.75. The van der Waals surface area contributed by atoms with Crippen LogP contribution in [0.4, 0.5) is 0 Å². The van der Waals surface area contributed by atoms with Crippen molar-refractivity contribution in [2.75, 3.05) is 0 Å². The second-order valence-corrected chi connectivity index (χ2v) is 10.5. The number of carbonyl (C=O) groups is 2. The summed E-state index contributed by atoms with van der Waals surface area (Å²) in [6, 6.07) is 0. The van der Waals surface area contributed by atoms with Crippen LogP contribution in [0.5, 0.6) is 0 Å². The minimum absolute atomic E-state index is 0.219. The van der Waals surface area contributed by atoms with Crippen molar-refractivity contribution in [2.45, 2.75) is 104 Å². The second-order valence-electron chi connectivity index (χ2n) is 10.5. The lowest BCUT2D eigenvalue weighted by Gasteiger charge is -2.38. The molecule has 8 atom stereocenters. The van der Waals surface area contributed by atoms with Gasteiger partial charge in [0.1, 0.15) is 12.2 Å². The molecule has 2 aliphatic carbocycles. The summed E-state index contributed by atoms with van der Waals surface area (Å²) in [4.78, 5) is 25.0. The molecule has 0 aliphatic heterocycles. The molecule has 174 valence electrons. The van der Waals surface area contributed by atoms with E-state index < -0.39 is 24.1 Å². The number of rotatable bonds is 7. The summed E-state index contributed by atoms with van der Waals surface area (Å²) in [5.41, 5.74) is 0. The third-order valence-electron chi connectivity index (χ3n) is 7.24. The quantitative estimate of drug-likeness (QED) is 0.603. The normalized spacial score (nSPS) is 34.5. The van der Waals surface area contributed by atoms with Crippen molar-refractivity contribution >= 4 is 11.9 Å². The maximum atomic E-state index is 12.5. The first-order chi connectivity index (χ1) is 14.0. The monoisotopic (exact) mass is 426 g/mol. The van der Waals surface area contributed by atoms with E-state index in [1.165, 1.54) is 0 Å². The first kappa shape index (κ1) is 25.1. The summed E-state index contributed by atoms with van der Waals surface area (Å²) in [5, 5.41) is 20.6. The molecule has 0 amide bonds. The maximum absolute atomic E-state index is 12.5. The minimum Gasteiger partial charge on any atom is -0.460 e. The standard InChI is InChI=1S/C24H42O6/c1-13(2)17-9-7-15(5)11-19(17)29-23(27)21(25)22(26)24(28)30-20-12-16(6)8-10-18(20)14(3)4/h13-22,25-26H,7-12H2,1-6H3/t15-,16-,17-,18+,19-,20-,21-,22+/m1/s1. The topological polar surface area (TPSA) is 93.1 Å². The van der Waals surface area contributed by atoms with E-state index in [0.29, 0.717) is 23.7 Å². The molecule has 0 aromatic heterocycles. The Morgan fingerprint density at radius 1 is 0.700 bits per heavy atom. The van der Waals surface area contributed by atoms with E-state index in [9.17, 15) is 19.8 Å². The Kier molecular flexibility index (Phi) is 9.16. The molecule has 0 heterocycles. The van der Waals surface area contributed by atoms with Crippen LogP contribution in [0.15, 0.2) is 0 Å². The number of aliphatic hydroxyl groups is 2. The summed E-state index contributed by atoms with van der Waals surface area (Å²) in [6.07, 6.45) is 1.11. The van der Waals surface area contributed by atoms with Crippen LogP contribution in [0.25, 0.3) is 0 Å². The van der Waals surface area contributed by atoms with E-state index in [1.54, 1.807) is 0 Å². The van der Waals surface area contributed by atoms with Gasteiger partial charge in [-0.3, -0.25) is 0 Å². The first-order valence-electron chi connectivity index (χ1n) is 11.8. The van der Waals surface area contributed by atoms with E-state index >= 15 is 0 Å². The third-order valence-corrected chi connectivity index (χ3v) is 7.24. The van der Waals surface area contributed by atoms with Crippen molar-refractivity contribution < 1.29 is 29.3 Å². The Morgan fingerprint density at radius 2 is 1.03 bits per heavy atom. The van der Waals surface area contributed by atoms with Crippen molar-refractivity contribution in [1.29, 1.82) is 0 Å². The highest BCUT2D eigenvalue weighted by molar-refractivity contribution is 5.85. The SMILES string of the molecule is CC(C)[C@H]1CC[C@@H](C)C[C@H]1OC(=O)[C@H](O)[C@H](O)C(=O)O[C@@H]1C[C@H](C)CC[C@H]1C(C)C. The van der Waals surface area contributed by atoms with E-state index in [4.69, 9.17) is 9.47 Å². The zero-order chi connectivity index (χ0) is 22.6. The average Bonchev–Trinajstić information content (AvgIpc) is 2.66. The predicted molar refractivity (Wildman–Crippen MR) is 114 cm³/mol. The Balaban J connectivity index is 1.96. The second kappa shape index (κ2) is 10.9. The van der Waals surface area contributed by atoms with E-state index in [-0.39, 0.29) is 24.0 Å². The lowest BCUT2D eigenvalue weighted by Crippen LogP contribution is -2.47. The summed E-state index contributed by atoms with van der Waals surface area (Å²) in [5.74, 6) is 0.126. The van der Waals surface area contributed by atoms with E-state index in [0.717, 1.165) is 38.5 Å². The fraction of sp³-hybridized carbons (Fsp3) is 0.917. The predicted octanol–water partition coefficient (Wildman–Crippen LogP) is 3.72. The molecule has 0 radical (unpaired) electrons. The van der Waals surface area contributed by atoms with Crippen molar-refractivity contribution in [3.8, 4) is 0 Å². The highest BCUT2D eigenvalue weighted by Gasteiger charge is 2.40. The zero-order valence-electron chi connectivity index (χ0n) is 19.5. The van der Waals surface area contributed by atoms with Gasteiger partial charge in [0.05, 0.1) is 0 Å². The Bertz CT molecular complexity index is 524. The first-order valence-corrected chi connectivity index (χ1v) is 11.8. The molecular weight excluding hydrogens is 384 g/mol. The molecule has 2 N–H and O–H groups in total. The van der Waals surface area contributed by atoms with Crippen molar-refractivity contribution in [3.05, 3.63) is 0 Å². The Hall–Kier alpha value is -1.14. The molecule has 2 saturated carbocycles. The molecule has 30 heavy (non-hydrogen) atoms. The van der Waals surface area contributed by atoms with Gasteiger partial charge in [-0.2, -0.15) is 0 Å². The number of ether oxygens (including phenoxy) is 2. The molecule has 2 aliphatic rings. The van der Waals surface area contributed by atoms with Gasteiger partial charge in [0.15, 0.2) is 12.2 Å². The molecule has 6 heteroatoms. The van der Waals surface area contributed by atoms with Gasteiger partial charge >= 0.3 is 11.9 Å². The minimum atomic E-state index is -1.93. The van der Waals surface area contributed by atoms with Crippen LogP contribution < -0.4 is 0 Å². The molecule has 0 unspecified atom stereocenters. The molecule has 0 saturated heterocycles. The number of carbonyl (C=O) groups excluding carboxylic acids is 2.